The van der Waals surface area contributed by atoms with E-state index in [-0.39, 0.29) is 17.5 Å². The number of fused-ring (bicyclic) bond motifs is 1. The average Bonchev–Trinajstić information content (AvgIpc) is 2.71. The van der Waals surface area contributed by atoms with E-state index in [2.05, 4.69) is 0 Å². The molecule has 3 saturated heterocycles. The molecule has 0 bridgehead atoms. The van der Waals surface area contributed by atoms with E-state index in [1.807, 2.05) is 27.7 Å². The highest BCUT2D eigenvalue weighted by Crippen LogP contribution is 2.43. The molecule has 3 fully saturated rings. The molecule has 0 radical (unpaired) electrons. The molecule has 0 aliphatic carbocycles. The Balaban J connectivity index is 1.84. The molecule has 18 heavy (non-hydrogen) atoms. The van der Waals surface area contributed by atoms with E-state index >= 15 is 0 Å². The van der Waals surface area contributed by atoms with Crippen molar-refractivity contribution in [2.45, 2.75) is 63.3 Å². The van der Waals surface area contributed by atoms with Crippen molar-refractivity contribution in [1.82, 2.24) is 0 Å². The molecule has 5 nitrogen and oxygen atoms in total. The summed E-state index contributed by atoms with van der Waals surface area (Å²) in [6.45, 7) is 8.28. The van der Waals surface area contributed by atoms with Crippen LogP contribution in [0.1, 0.15) is 34.1 Å². The van der Waals surface area contributed by atoms with Crippen molar-refractivity contribution in [3.63, 3.8) is 0 Å². The molecule has 102 valence electrons. The Kier molecular flexibility index (Phi) is 2.46. The lowest BCUT2D eigenvalue weighted by Crippen LogP contribution is -2.57. The Morgan fingerprint density at radius 3 is 2.44 bits per heavy atom. The van der Waals surface area contributed by atoms with Crippen LogP contribution in [0.2, 0.25) is 0 Å². The number of Topliss-reactive ketones (excluding diaryl/α,β-unsaturated/α-hetero) is 1. The molecule has 5 heteroatoms. The fraction of sp³-hybridized carbons (Fsp3) is 0.923. The van der Waals surface area contributed by atoms with Crippen molar-refractivity contribution in [2.24, 2.45) is 0 Å². The van der Waals surface area contributed by atoms with Gasteiger partial charge in [0.25, 0.3) is 0 Å². The van der Waals surface area contributed by atoms with Crippen molar-refractivity contribution in [2.75, 3.05) is 13.2 Å². The minimum atomic E-state index is -0.839. The van der Waals surface area contributed by atoms with Crippen LogP contribution in [-0.2, 0) is 23.7 Å². The summed E-state index contributed by atoms with van der Waals surface area (Å²) < 4.78 is 22.8. The Labute approximate surface area is 107 Å². The van der Waals surface area contributed by atoms with Gasteiger partial charge in [-0.15, -0.1) is 0 Å². The van der Waals surface area contributed by atoms with E-state index in [9.17, 15) is 4.79 Å². The SMILES string of the molecule is CC1(C)C[C@]2(CO1)OC[C@H]1OC(C)(C)O[C@H]1C2=O. The van der Waals surface area contributed by atoms with Gasteiger partial charge in [-0.1, -0.05) is 0 Å². The van der Waals surface area contributed by atoms with Crippen molar-refractivity contribution in [1.29, 1.82) is 0 Å². The summed E-state index contributed by atoms with van der Waals surface area (Å²) in [5, 5.41) is 0. The molecule has 3 aliphatic rings. The van der Waals surface area contributed by atoms with Crippen molar-refractivity contribution >= 4 is 5.78 Å². The average molecular weight is 256 g/mol. The third-order valence-electron chi connectivity index (χ3n) is 3.82. The van der Waals surface area contributed by atoms with Crippen molar-refractivity contribution in [3.05, 3.63) is 0 Å². The lowest BCUT2D eigenvalue weighted by molar-refractivity contribution is -0.171. The van der Waals surface area contributed by atoms with Gasteiger partial charge >= 0.3 is 0 Å². The number of carbonyl (C=O) groups excluding carboxylic acids is 1. The van der Waals surface area contributed by atoms with Crippen molar-refractivity contribution in [3.8, 4) is 0 Å². The normalized spacial score (nSPS) is 45.4. The third-order valence-corrected chi connectivity index (χ3v) is 3.82. The predicted molar refractivity (Wildman–Crippen MR) is 62.2 cm³/mol. The maximum atomic E-state index is 12.6. The smallest absolute Gasteiger partial charge is 0.198 e. The summed E-state index contributed by atoms with van der Waals surface area (Å²) in [6, 6.07) is 0. The van der Waals surface area contributed by atoms with Crippen LogP contribution in [0.5, 0.6) is 0 Å². The van der Waals surface area contributed by atoms with Crippen LogP contribution in [0.3, 0.4) is 0 Å². The molecule has 3 heterocycles. The van der Waals surface area contributed by atoms with Crippen LogP contribution in [0, 0.1) is 0 Å². The predicted octanol–water partition coefficient (Wildman–Crippen LogP) is 1.04. The van der Waals surface area contributed by atoms with Crippen LogP contribution < -0.4 is 0 Å². The summed E-state index contributed by atoms with van der Waals surface area (Å²) in [4.78, 5) is 12.6. The number of hydrogen-bond donors (Lipinski definition) is 0. The number of ketones is 1. The molecule has 0 aromatic heterocycles. The monoisotopic (exact) mass is 256 g/mol. The molecule has 3 atom stereocenters. The lowest BCUT2D eigenvalue weighted by atomic mass is 9.84. The standard InChI is InChI=1S/C13H20O5/c1-11(2)6-13(7-16-11)10(14)9-8(5-15-13)17-12(3,4)18-9/h8-9H,5-7H2,1-4H3/t8-,9-,13-/m1/s1. The van der Waals surface area contributed by atoms with E-state index in [0.717, 1.165) is 0 Å². The van der Waals surface area contributed by atoms with Crippen LogP contribution in [-0.4, -0.2) is 48.2 Å². The Hall–Kier alpha value is -0.490. The summed E-state index contributed by atoms with van der Waals surface area (Å²) in [7, 11) is 0. The maximum absolute atomic E-state index is 12.6. The fourth-order valence-electron chi connectivity index (χ4n) is 3.10. The van der Waals surface area contributed by atoms with E-state index in [1.165, 1.54) is 0 Å². The van der Waals surface area contributed by atoms with Gasteiger partial charge < -0.3 is 18.9 Å². The van der Waals surface area contributed by atoms with Gasteiger partial charge in [0.05, 0.1) is 18.8 Å². The topological polar surface area (TPSA) is 54.0 Å². The van der Waals surface area contributed by atoms with Gasteiger partial charge in [-0.05, 0) is 27.7 Å². The molecule has 0 aromatic carbocycles. The van der Waals surface area contributed by atoms with E-state index in [1.54, 1.807) is 0 Å². The van der Waals surface area contributed by atoms with Gasteiger partial charge in [-0.3, -0.25) is 4.79 Å². The van der Waals surface area contributed by atoms with Crippen molar-refractivity contribution < 1.29 is 23.7 Å². The Morgan fingerprint density at radius 1 is 1.11 bits per heavy atom. The molecule has 0 saturated carbocycles. The van der Waals surface area contributed by atoms with E-state index in [4.69, 9.17) is 18.9 Å². The quantitative estimate of drug-likeness (QED) is 0.648. The highest BCUT2D eigenvalue weighted by molar-refractivity contribution is 5.93. The zero-order valence-corrected chi connectivity index (χ0v) is 11.3. The molecular formula is C13H20O5. The lowest BCUT2D eigenvalue weighted by Gasteiger charge is -2.36. The molecule has 3 aliphatic heterocycles. The first-order valence-corrected chi connectivity index (χ1v) is 6.41. The second-order valence-electron chi connectivity index (χ2n) is 6.49. The summed E-state index contributed by atoms with van der Waals surface area (Å²) in [5.41, 5.74) is -1.16. The fourth-order valence-corrected chi connectivity index (χ4v) is 3.10. The first-order chi connectivity index (χ1) is 8.23. The third kappa shape index (κ3) is 1.81. The zero-order valence-electron chi connectivity index (χ0n) is 11.3. The molecule has 1 spiro atoms. The van der Waals surface area contributed by atoms with Gasteiger partial charge in [-0.25, -0.2) is 0 Å². The van der Waals surface area contributed by atoms with Gasteiger partial charge in [-0.2, -0.15) is 0 Å². The summed E-state index contributed by atoms with van der Waals surface area (Å²) >= 11 is 0. The van der Waals surface area contributed by atoms with Crippen LogP contribution in [0.25, 0.3) is 0 Å². The Bertz CT molecular complexity index is 387. The molecule has 3 rings (SSSR count). The number of carbonyl (C=O) groups is 1. The molecular weight excluding hydrogens is 236 g/mol. The minimum absolute atomic E-state index is 0.0325. The first-order valence-electron chi connectivity index (χ1n) is 6.41. The molecule has 0 aromatic rings. The van der Waals surface area contributed by atoms with E-state index < -0.39 is 17.5 Å². The minimum Gasteiger partial charge on any atom is -0.372 e. The summed E-state index contributed by atoms with van der Waals surface area (Å²) in [6.07, 6.45) is -0.237. The number of rotatable bonds is 0. The highest BCUT2D eigenvalue weighted by Gasteiger charge is 2.60. The van der Waals surface area contributed by atoms with Gasteiger partial charge in [0, 0.05) is 6.42 Å². The second kappa shape index (κ2) is 3.54. The van der Waals surface area contributed by atoms with Gasteiger partial charge in [0.2, 0.25) is 0 Å². The van der Waals surface area contributed by atoms with Crippen LogP contribution in [0.15, 0.2) is 0 Å². The number of ether oxygens (including phenoxy) is 4. The van der Waals surface area contributed by atoms with E-state index in [0.29, 0.717) is 19.6 Å². The molecule has 0 amide bonds. The largest absolute Gasteiger partial charge is 0.372 e. The zero-order chi connectivity index (χ0) is 13.2. The van der Waals surface area contributed by atoms with Gasteiger partial charge in [0.15, 0.2) is 23.3 Å². The highest BCUT2D eigenvalue weighted by atomic mass is 16.8. The molecule has 0 N–H and O–H groups in total. The van der Waals surface area contributed by atoms with Crippen LogP contribution in [0.4, 0.5) is 0 Å². The van der Waals surface area contributed by atoms with Crippen LogP contribution >= 0.6 is 0 Å². The summed E-state index contributed by atoms with van der Waals surface area (Å²) in [5.74, 6) is -0.746. The first kappa shape index (κ1) is 12.5. The number of hydrogen-bond acceptors (Lipinski definition) is 5. The molecule has 0 unspecified atom stereocenters. The second-order valence-corrected chi connectivity index (χ2v) is 6.49. The van der Waals surface area contributed by atoms with Gasteiger partial charge in [0.1, 0.15) is 6.10 Å². The Morgan fingerprint density at radius 2 is 1.83 bits per heavy atom. The maximum Gasteiger partial charge on any atom is 0.198 e.